The number of rotatable bonds is 9. The Balaban J connectivity index is 0.00000281. The molecular formula is C23H27F3N4O2S2. The number of aryl methyl sites for hydroxylation is 1. The summed E-state index contributed by atoms with van der Waals surface area (Å²) in [6.45, 7) is 3.20. The zero-order valence-electron chi connectivity index (χ0n) is 19.3. The summed E-state index contributed by atoms with van der Waals surface area (Å²) < 4.78 is 36.6. The molecule has 1 heterocycles. The lowest BCUT2D eigenvalue weighted by Crippen LogP contribution is -2.25. The third-order valence-corrected chi connectivity index (χ3v) is 6.01. The van der Waals surface area contributed by atoms with Crippen LogP contribution in [0, 0.1) is 12.7 Å². The van der Waals surface area contributed by atoms with Crippen molar-refractivity contribution in [2.45, 2.75) is 26.0 Å². The molecule has 0 aliphatic heterocycles. The predicted octanol–water partition coefficient (Wildman–Crippen LogP) is 6.01. The highest BCUT2D eigenvalue weighted by atomic mass is 32.2. The van der Waals surface area contributed by atoms with Crippen molar-refractivity contribution in [2.75, 3.05) is 20.8 Å². The normalized spacial score (nSPS) is 12.5. The van der Waals surface area contributed by atoms with Gasteiger partial charge in [-0.25, -0.2) is 18.8 Å². The molecule has 2 aromatic rings. The predicted molar refractivity (Wildman–Crippen MR) is 135 cm³/mol. The molecule has 184 valence electrons. The molecule has 34 heavy (non-hydrogen) atoms. The molecule has 0 amide bonds. The minimum absolute atomic E-state index is 0.129. The van der Waals surface area contributed by atoms with Gasteiger partial charge in [0.1, 0.15) is 17.0 Å². The highest BCUT2D eigenvalue weighted by Gasteiger charge is 2.15. The van der Waals surface area contributed by atoms with E-state index in [1.165, 1.54) is 40.9 Å². The Morgan fingerprint density at radius 3 is 2.68 bits per heavy atom. The zero-order valence-corrected chi connectivity index (χ0v) is 21.0. The van der Waals surface area contributed by atoms with E-state index < -0.39 is 6.61 Å². The van der Waals surface area contributed by atoms with Crippen LogP contribution in [0.4, 0.5) is 19.0 Å². The summed E-state index contributed by atoms with van der Waals surface area (Å²) in [6, 6.07) is 5.02. The summed E-state index contributed by atoms with van der Waals surface area (Å²) in [5.74, 6) is 0.239. The number of alkyl halides is 1. The van der Waals surface area contributed by atoms with Crippen LogP contribution in [0.5, 0.6) is 0 Å². The third kappa shape index (κ3) is 8.88. The van der Waals surface area contributed by atoms with Crippen molar-refractivity contribution in [3.8, 4) is 0 Å². The van der Waals surface area contributed by atoms with Crippen LogP contribution < -0.4 is 0 Å². The number of aliphatic imine (C=N–C) groups is 2. The first-order chi connectivity index (χ1) is 16.4. The highest BCUT2D eigenvalue weighted by molar-refractivity contribution is 8.13. The van der Waals surface area contributed by atoms with Gasteiger partial charge < -0.3 is 10.0 Å². The molecule has 0 spiro atoms. The number of thiazole rings is 1. The van der Waals surface area contributed by atoms with Gasteiger partial charge in [-0.05, 0) is 30.5 Å². The second-order valence-electron chi connectivity index (χ2n) is 6.55. The standard InChI is InChI=1S/C22H24F2N4O2S2.CH3F/c1-4-5-18(10-25-17(9-23)11-29)28(3)22(27-21-20(12-30)32-14-26-21)31-13-16-7-6-15(2)8-19(16)24;1-2/h5-10,12,14,29H,4,11,13H2,1-3H3;1H3/b17-9+,18-5+,25-10-,27-22+;. The number of benzene rings is 1. The molecule has 0 unspecified atom stereocenters. The van der Waals surface area contributed by atoms with Crippen molar-refractivity contribution in [2.24, 2.45) is 9.98 Å². The first kappa shape index (κ1) is 29.3. The summed E-state index contributed by atoms with van der Waals surface area (Å²) in [4.78, 5) is 26.0. The van der Waals surface area contributed by atoms with Gasteiger partial charge >= 0.3 is 0 Å². The topological polar surface area (TPSA) is 78.2 Å². The average molecular weight is 513 g/mol. The second-order valence-corrected chi connectivity index (χ2v) is 8.38. The van der Waals surface area contributed by atoms with E-state index in [1.54, 1.807) is 18.0 Å². The molecule has 0 radical (unpaired) electrons. The van der Waals surface area contributed by atoms with Crippen molar-refractivity contribution in [3.63, 3.8) is 0 Å². The van der Waals surface area contributed by atoms with E-state index in [0.717, 1.165) is 5.56 Å². The first-order valence-electron chi connectivity index (χ1n) is 10.0. The second kappa shape index (κ2) is 16.0. The Morgan fingerprint density at radius 1 is 1.35 bits per heavy atom. The molecule has 0 saturated heterocycles. The largest absolute Gasteiger partial charge is 0.390 e. The van der Waals surface area contributed by atoms with Crippen molar-refractivity contribution in [3.05, 3.63) is 69.3 Å². The lowest BCUT2D eigenvalue weighted by Gasteiger charge is -2.22. The van der Waals surface area contributed by atoms with Crippen molar-refractivity contribution >= 4 is 46.6 Å². The quantitative estimate of drug-likeness (QED) is 0.253. The molecule has 1 aromatic heterocycles. The van der Waals surface area contributed by atoms with Crippen LogP contribution >= 0.6 is 23.1 Å². The van der Waals surface area contributed by atoms with E-state index in [4.69, 9.17) is 5.11 Å². The molecule has 1 N–H and O–H groups in total. The van der Waals surface area contributed by atoms with Crippen LogP contribution in [0.25, 0.3) is 0 Å². The molecule has 11 heteroatoms. The minimum Gasteiger partial charge on any atom is -0.390 e. The number of hydrogen-bond donors (Lipinski definition) is 1. The van der Waals surface area contributed by atoms with E-state index in [2.05, 4.69) is 15.0 Å². The Morgan fingerprint density at radius 2 is 2.09 bits per heavy atom. The van der Waals surface area contributed by atoms with Crippen LogP contribution in [0.1, 0.15) is 34.1 Å². The van der Waals surface area contributed by atoms with Gasteiger partial charge in [0.25, 0.3) is 0 Å². The van der Waals surface area contributed by atoms with Gasteiger partial charge in [0.05, 0.1) is 36.9 Å². The van der Waals surface area contributed by atoms with Gasteiger partial charge in [-0.3, -0.25) is 14.2 Å². The number of aliphatic hydroxyl groups is 1. The molecule has 0 bridgehead atoms. The number of amidine groups is 1. The summed E-state index contributed by atoms with van der Waals surface area (Å²) in [7, 11) is 2.23. The van der Waals surface area contributed by atoms with Crippen LogP contribution in [0.15, 0.2) is 57.5 Å². The van der Waals surface area contributed by atoms with Gasteiger partial charge in [0, 0.05) is 12.8 Å². The lowest BCUT2D eigenvalue weighted by molar-refractivity contribution is 0.112. The van der Waals surface area contributed by atoms with E-state index in [0.29, 0.717) is 46.9 Å². The average Bonchev–Trinajstić information content (AvgIpc) is 3.30. The number of halogens is 3. The Labute approximate surface area is 205 Å². The fourth-order valence-corrected chi connectivity index (χ4v) is 3.96. The zero-order chi connectivity index (χ0) is 25.5. The molecule has 0 aliphatic rings. The Bertz CT molecular complexity index is 1050. The number of aldehydes is 1. The number of thioether (sulfide) groups is 1. The van der Waals surface area contributed by atoms with Crippen molar-refractivity contribution < 1.29 is 23.1 Å². The highest BCUT2D eigenvalue weighted by Crippen LogP contribution is 2.26. The molecule has 1 aromatic carbocycles. The van der Waals surface area contributed by atoms with E-state index >= 15 is 0 Å². The van der Waals surface area contributed by atoms with Crippen LogP contribution in [-0.4, -0.2) is 53.5 Å². The third-order valence-electron chi connectivity index (χ3n) is 4.19. The Hall–Kier alpha value is -2.76. The van der Waals surface area contributed by atoms with Gasteiger partial charge in [-0.1, -0.05) is 36.9 Å². The van der Waals surface area contributed by atoms with Gasteiger partial charge in [0.15, 0.2) is 17.3 Å². The number of aliphatic hydroxyl groups excluding tert-OH is 1. The van der Waals surface area contributed by atoms with Gasteiger partial charge in [0.2, 0.25) is 0 Å². The van der Waals surface area contributed by atoms with E-state index in [-0.39, 0.29) is 23.7 Å². The smallest absolute Gasteiger partial charge is 0.176 e. The molecule has 6 nitrogen and oxygen atoms in total. The fourth-order valence-electron chi connectivity index (χ4n) is 2.47. The van der Waals surface area contributed by atoms with Gasteiger partial charge in [-0.2, -0.15) is 0 Å². The number of carbonyl (C=O) groups excluding carboxylic acids is 1. The van der Waals surface area contributed by atoms with E-state index in [9.17, 15) is 18.0 Å². The first-order valence-corrected chi connectivity index (χ1v) is 11.9. The SMILES string of the molecule is CC\C=C(/C=N\C(=C\F)CO)N(C)/C(=N\c1ncsc1C=O)SCc1ccc(C)cc1F.CF. The maximum Gasteiger partial charge on any atom is 0.176 e. The summed E-state index contributed by atoms with van der Waals surface area (Å²) in [5, 5.41) is 9.59. The molecule has 2 rings (SSSR count). The minimum atomic E-state index is -0.542. The number of allylic oxidation sites excluding steroid dienone is 2. The Kier molecular flexibility index (Phi) is 13.7. The maximum atomic E-state index is 14.3. The fraction of sp³-hybridized carbons (Fsp3) is 0.304. The summed E-state index contributed by atoms with van der Waals surface area (Å²) >= 11 is 2.43. The van der Waals surface area contributed by atoms with Crippen molar-refractivity contribution in [1.82, 2.24) is 9.88 Å². The number of nitrogens with zero attached hydrogens (tertiary/aromatic N) is 4. The molecule has 0 saturated carbocycles. The summed E-state index contributed by atoms with van der Waals surface area (Å²) in [6.07, 6.45) is 4.83. The van der Waals surface area contributed by atoms with Crippen LogP contribution in [0.3, 0.4) is 0 Å². The molecule has 0 atom stereocenters. The molecule has 0 fully saturated rings. The van der Waals surface area contributed by atoms with Crippen LogP contribution in [0.2, 0.25) is 0 Å². The summed E-state index contributed by atoms with van der Waals surface area (Å²) in [5.41, 5.74) is 3.31. The maximum absolute atomic E-state index is 14.3. The number of carbonyl (C=O) groups is 1. The number of aromatic nitrogens is 1. The molecule has 0 aliphatic carbocycles. The van der Waals surface area contributed by atoms with Gasteiger partial charge in [-0.15, -0.1) is 11.3 Å². The monoisotopic (exact) mass is 512 g/mol. The van der Waals surface area contributed by atoms with Crippen LogP contribution in [-0.2, 0) is 5.75 Å². The lowest BCUT2D eigenvalue weighted by atomic mass is 10.2. The molecular weight excluding hydrogens is 485 g/mol. The van der Waals surface area contributed by atoms with E-state index in [1.807, 2.05) is 26.0 Å². The number of hydrogen-bond acceptors (Lipinski definition) is 7. The van der Waals surface area contributed by atoms with Crippen molar-refractivity contribution in [1.29, 1.82) is 0 Å².